The highest BCUT2D eigenvalue weighted by Crippen LogP contribution is 2.28. The van der Waals surface area contributed by atoms with Crippen LogP contribution in [0.3, 0.4) is 0 Å². The fourth-order valence-electron chi connectivity index (χ4n) is 1.82. The number of hydrogen-bond acceptors (Lipinski definition) is 5. The largest absolute Gasteiger partial charge is 0.387 e. The van der Waals surface area contributed by atoms with Crippen LogP contribution >= 0.6 is 34.7 Å². The van der Waals surface area contributed by atoms with Gasteiger partial charge in [0.15, 0.2) is 5.82 Å². The van der Waals surface area contributed by atoms with E-state index < -0.39 is 6.10 Å². The van der Waals surface area contributed by atoms with Crippen molar-refractivity contribution >= 4 is 34.7 Å². The lowest BCUT2D eigenvalue weighted by molar-refractivity contribution is 0.204. The number of halogens is 1. The van der Waals surface area contributed by atoms with Crippen molar-refractivity contribution in [3.63, 3.8) is 0 Å². The van der Waals surface area contributed by atoms with E-state index in [0.717, 1.165) is 16.3 Å². The van der Waals surface area contributed by atoms with Crippen LogP contribution < -0.4 is 0 Å². The molecule has 108 valence electrons. The number of rotatable bonds is 5. The molecule has 0 spiro atoms. The molecule has 1 aromatic carbocycles. The molecule has 2 aromatic heterocycles. The van der Waals surface area contributed by atoms with E-state index >= 15 is 0 Å². The van der Waals surface area contributed by atoms with Crippen LogP contribution in [0.4, 0.5) is 0 Å². The normalized spacial score (nSPS) is 12.5. The van der Waals surface area contributed by atoms with Gasteiger partial charge in [0, 0.05) is 10.8 Å². The predicted octanol–water partition coefficient (Wildman–Crippen LogP) is 4.01. The zero-order valence-electron chi connectivity index (χ0n) is 10.9. The van der Waals surface area contributed by atoms with Gasteiger partial charge in [-0.1, -0.05) is 47.6 Å². The van der Waals surface area contributed by atoms with Crippen molar-refractivity contribution in [1.82, 2.24) is 15.2 Å². The summed E-state index contributed by atoms with van der Waals surface area (Å²) in [5.74, 6) is 1.20. The molecule has 2 heterocycles. The third-order valence-electron chi connectivity index (χ3n) is 2.85. The van der Waals surface area contributed by atoms with Crippen molar-refractivity contribution < 1.29 is 5.11 Å². The first-order valence-electron chi connectivity index (χ1n) is 6.25. The van der Waals surface area contributed by atoms with Gasteiger partial charge in [0.25, 0.3) is 0 Å². The van der Waals surface area contributed by atoms with E-state index in [4.69, 9.17) is 11.6 Å². The molecule has 0 amide bonds. The van der Waals surface area contributed by atoms with Crippen molar-refractivity contribution in [1.29, 1.82) is 0 Å². The number of aliphatic hydroxyl groups excluding tert-OH is 1. The molecule has 21 heavy (non-hydrogen) atoms. The number of thiophene rings is 1. The fraction of sp³-hybridized carbons (Fsp3) is 0.143. The summed E-state index contributed by atoms with van der Waals surface area (Å²) < 4.78 is 0. The van der Waals surface area contributed by atoms with Gasteiger partial charge in [-0.2, -0.15) is 0 Å². The molecule has 0 bridgehead atoms. The van der Waals surface area contributed by atoms with Crippen molar-refractivity contribution in [2.45, 2.75) is 11.3 Å². The summed E-state index contributed by atoms with van der Waals surface area (Å²) in [4.78, 5) is 5.45. The third kappa shape index (κ3) is 3.47. The number of aliphatic hydroxyl groups is 1. The highest BCUT2D eigenvalue weighted by molar-refractivity contribution is 7.99. The van der Waals surface area contributed by atoms with E-state index in [1.165, 1.54) is 11.8 Å². The van der Waals surface area contributed by atoms with Gasteiger partial charge in [-0.3, -0.25) is 5.10 Å². The Bertz CT molecular complexity index is 715. The Balaban J connectivity index is 1.64. The molecule has 7 heteroatoms. The highest BCUT2D eigenvalue weighted by atomic mass is 35.5. The zero-order valence-corrected chi connectivity index (χ0v) is 13.3. The van der Waals surface area contributed by atoms with E-state index in [2.05, 4.69) is 15.2 Å². The zero-order chi connectivity index (χ0) is 14.7. The molecule has 0 saturated carbocycles. The second-order valence-electron chi connectivity index (χ2n) is 4.29. The van der Waals surface area contributed by atoms with Crippen LogP contribution in [0.5, 0.6) is 0 Å². The van der Waals surface area contributed by atoms with Gasteiger partial charge in [0.05, 0.1) is 11.0 Å². The minimum absolute atomic E-state index is 0.450. The number of nitrogens with one attached hydrogen (secondary N) is 1. The van der Waals surface area contributed by atoms with Crippen molar-refractivity contribution in [2.75, 3.05) is 5.75 Å². The number of thioether (sulfide) groups is 1. The highest BCUT2D eigenvalue weighted by Gasteiger charge is 2.13. The molecule has 1 atom stereocenters. The van der Waals surface area contributed by atoms with Gasteiger partial charge in [0.2, 0.25) is 5.16 Å². The minimum Gasteiger partial charge on any atom is -0.387 e. The smallest absolute Gasteiger partial charge is 0.208 e. The molecule has 0 saturated heterocycles. The van der Waals surface area contributed by atoms with Crippen LogP contribution in [0.1, 0.15) is 11.7 Å². The Labute approximate surface area is 135 Å². The van der Waals surface area contributed by atoms with Gasteiger partial charge in [0.1, 0.15) is 0 Å². The van der Waals surface area contributed by atoms with E-state index in [-0.39, 0.29) is 0 Å². The second kappa shape index (κ2) is 6.62. The molecule has 0 aliphatic rings. The summed E-state index contributed by atoms with van der Waals surface area (Å²) in [7, 11) is 0. The number of H-pyrrole nitrogens is 1. The number of aromatic amines is 1. The average molecular weight is 338 g/mol. The first kappa shape index (κ1) is 14.6. The molecule has 1 unspecified atom stereocenters. The van der Waals surface area contributed by atoms with Crippen LogP contribution in [0, 0.1) is 0 Å². The quantitative estimate of drug-likeness (QED) is 0.690. The molecule has 3 rings (SSSR count). The summed E-state index contributed by atoms with van der Waals surface area (Å²) in [5.41, 5.74) is 0.723. The molecule has 0 fully saturated rings. The lowest BCUT2D eigenvalue weighted by Crippen LogP contribution is -2.01. The van der Waals surface area contributed by atoms with Crippen LogP contribution in [0.2, 0.25) is 5.02 Å². The van der Waals surface area contributed by atoms with E-state index in [0.29, 0.717) is 15.9 Å². The van der Waals surface area contributed by atoms with Gasteiger partial charge in [-0.25, -0.2) is 4.98 Å². The van der Waals surface area contributed by atoms with E-state index in [1.807, 2.05) is 35.7 Å². The second-order valence-corrected chi connectivity index (χ2v) is 6.63. The topological polar surface area (TPSA) is 61.8 Å². The van der Waals surface area contributed by atoms with Crippen molar-refractivity contribution in [3.05, 3.63) is 52.4 Å². The Morgan fingerprint density at radius 1 is 1.29 bits per heavy atom. The standard InChI is InChI=1S/C14H12ClN3OS2/c15-10-5-2-1-4-9(10)11(19)8-21-14-16-13(17-18-14)12-6-3-7-20-12/h1-7,11,19H,8H2,(H,16,17,18). The fourth-order valence-corrected chi connectivity index (χ4v) is 3.50. The maximum absolute atomic E-state index is 10.2. The van der Waals surface area contributed by atoms with Gasteiger partial charge >= 0.3 is 0 Å². The SMILES string of the molecule is OC(CSc1n[nH]c(-c2cccs2)n1)c1ccccc1Cl. The van der Waals surface area contributed by atoms with E-state index in [1.54, 1.807) is 17.4 Å². The summed E-state index contributed by atoms with van der Waals surface area (Å²) in [6.45, 7) is 0. The van der Waals surface area contributed by atoms with Gasteiger partial charge in [-0.05, 0) is 23.1 Å². The Kier molecular flexibility index (Phi) is 4.60. The van der Waals surface area contributed by atoms with Crippen molar-refractivity contribution in [2.24, 2.45) is 0 Å². The minimum atomic E-state index is -0.646. The molecule has 3 aromatic rings. The summed E-state index contributed by atoms with van der Waals surface area (Å²) in [6.07, 6.45) is -0.646. The van der Waals surface area contributed by atoms with Crippen molar-refractivity contribution in [3.8, 4) is 10.7 Å². The molecule has 0 aliphatic heterocycles. The molecule has 0 radical (unpaired) electrons. The maximum Gasteiger partial charge on any atom is 0.208 e. The summed E-state index contributed by atoms with van der Waals surface area (Å²) in [5, 5.41) is 20.4. The third-order valence-corrected chi connectivity index (χ3v) is 5.00. The lowest BCUT2D eigenvalue weighted by atomic mass is 10.1. The lowest BCUT2D eigenvalue weighted by Gasteiger charge is -2.10. The van der Waals surface area contributed by atoms with Crippen LogP contribution in [-0.4, -0.2) is 26.0 Å². The average Bonchev–Trinajstić information content (AvgIpc) is 3.16. The number of aromatic nitrogens is 3. The van der Waals surface area contributed by atoms with Crippen LogP contribution in [0.25, 0.3) is 10.7 Å². The molecular weight excluding hydrogens is 326 g/mol. The van der Waals surface area contributed by atoms with Gasteiger partial charge in [-0.15, -0.1) is 16.4 Å². The van der Waals surface area contributed by atoms with E-state index in [9.17, 15) is 5.11 Å². The van der Waals surface area contributed by atoms with Gasteiger partial charge < -0.3 is 5.11 Å². The first-order valence-corrected chi connectivity index (χ1v) is 8.50. The molecule has 4 nitrogen and oxygen atoms in total. The number of benzene rings is 1. The summed E-state index contributed by atoms with van der Waals surface area (Å²) >= 11 is 9.06. The first-order chi connectivity index (χ1) is 10.2. The predicted molar refractivity (Wildman–Crippen MR) is 86.8 cm³/mol. The monoisotopic (exact) mass is 337 g/mol. The number of nitrogens with zero attached hydrogens (tertiary/aromatic N) is 2. The Morgan fingerprint density at radius 2 is 2.14 bits per heavy atom. The maximum atomic E-state index is 10.2. The van der Waals surface area contributed by atoms with Crippen LogP contribution in [-0.2, 0) is 0 Å². The Hall–Kier alpha value is -1.34. The molecule has 0 aliphatic carbocycles. The Morgan fingerprint density at radius 3 is 2.90 bits per heavy atom. The molecular formula is C14H12ClN3OS2. The molecule has 2 N–H and O–H groups in total. The number of hydrogen-bond donors (Lipinski definition) is 2. The van der Waals surface area contributed by atoms with Crippen LogP contribution in [0.15, 0.2) is 46.9 Å². The summed E-state index contributed by atoms with van der Waals surface area (Å²) in [6, 6.07) is 11.2.